The predicted molar refractivity (Wildman–Crippen MR) is 112 cm³/mol. The Hall–Kier alpha value is -3.02. The molecular weight excluding hydrogens is 354 g/mol. The van der Waals surface area contributed by atoms with Gasteiger partial charge in [-0.1, -0.05) is 24.3 Å². The second-order valence-corrected chi connectivity index (χ2v) is 7.12. The maximum atomic E-state index is 12.3. The molecule has 1 N–H and O–H groups in total. The first-order valence-corrected chi connectivity index (χ1v) is 9.33. The van der Waals surface area contributed by atoms with Gasteiger partial charge in [-0.3, -0.25) is 9.69 Å². The van der Waals surface area contributed by atoms with Crippen LogP contribution in [0.25, 0.3) is 0 Å². The number of amides is 3. The van der Waals surface area contributed by atoms with Crippen molar-refractivity contribution in [2.24, 2.45) is 0 Å². The summed E-state index contributed by atoms with van der Waals surface area (Å²) >= 11 is 0. The van der Waals surface area contributed by atoms with E-state index in [4.69, 9.17) is 4.74 Å². The fourth-order valence-corrected chi connectivity index (χ4v) is 2.61. The second kappa shape index (κ2) is 9.78. The van der Waals surface area contributed by atoms with Gasteiger partial charge in [-0.2, -0.15) is 0 Å². The zero-order chi connectivity index (χ0) is 20.7. The Bertz CT molecular complexity index is 803. The molecule has 6 heteroatoms. The summed E-state index contributed by atoms with van der Waals surface area (Å²) < 4.78 is 5.61. The topological polar surface area (TPSA) is 61.9 Å². The van der Waals surface area contributed by atoms with E-state index in [1.165, 1.54) is 4.90 Å². The van der Waals surface area contributed by atoms with Crippen LogP contribution in [0, 0.1) is 6.92 Å². The van der Waals surface area contributed by atoms with Crippen molar-refractivity contribution in [1.29, 1.82) is 0 Å². The van der Waals surface area contributed by atoms with E-state index in [1.807, 2.05) is 45.0 Å². The SMILES string of the molecule is Cc1ccccc1CN(C)C(=O)COc1ccc(N(C)C(=O)NC(C)C)cc1. The van der Waals surface area contributed by atoms with Gasteiger partial charge in [0.25, 0.3) is 5.91 Å². The number of anilines is 1. The molecule has 0 radical (unpaired) electrons. The molecule has 150 valence electrons. The minimum Gasteiger partial charge on any atom is -0.484 e. The number of ether oxygens (including phenoxy) is 1. The standard InChI is InChI=1S/C22H29N3O3/c1-16(2)23-22(27)25(5)19-10-12-20(13-11-19)28-15-21(26)24(4)14-18-9-7-6-8-17(18)3/h6-13,16H,14-15H2,1-5H3,(H,23,27). The fourth-order valence-electron chi connectivity index (χ4n) is 2.61. The third kappa shape index (κ3) is 6.01. The zero-order valence-electron chi connectivity index (χ0n) is 17.2. The van der Waals surface area contributed by atoms with Gasteiger partial charge < -0.3 is 15.0 Å². The van der Waals surface area contributed by atoms with Crippen LogP contribution in [-0.2, 0) is 11.3 Å². The van der Waals surface area contributed by atoms with Crippen LogP contribution < -0.4 is 15.0 Å². The Morgan fingerprint density at radius 1 is 1.04 bits per heavy atom. The van der Waals surface area contributed by atoms with Crippen molar-refractivity contribution in [2.75, 3.05) is 25.6 Å². The van der Waals surface area contributed by atoms with Crippen molar-refractivity contribution in [3.8, 4) is 5.75 Å². The highest BCUT2D eigenvalue weighted by Crippen LogP contribution is 2.19. The number of nitrogens with zero attached hydrogens (tertiary/aromatic N) is 2. The number of likely N-dealkylation sites (N-methyl/N-ethyl adjacent to an activating group) is 1. The van der Waals surface area contributed by atoms with Crippen molar-refractivity contribution in [1.82, 2.24) is 10.2 Å². The molecular formula is C22H29N3O3. The van der Waals surface area contributed by atoms with Crippen molar-refractivity contribution in [2.45, 2.75) is 33.4 Å². The van der Waals surface area contributed by atoms with E-state index in [0.29, 0.717) is 12.3 Å². The predicted octanol–water partition coefficient (Wildman–Crippen LogP) is 3.59. The average molecular weight is 383 g/mol. The summed E-state index contributed by atoms with van der Waals surface area (Å²) in [6, 6.07) is 15.0. The minimum atomic E-state index is -0.170. The number of carbonyl (C=O) groups is 2. The van der Waals surface area contributed by atoms with E-state index < -0.39 is 0 Å². The van der Waals surface area contributed by atoms with Crippen LogP contribution in [0.1, 0.15) is 25.0 Å². The third-order valence-electron chi connectivity index (χ3n) is 4.40. The van der Waals surface area contributed by atoms with Gasteiger partial charge in [0.05, 0.1) is 0 Å². The quantitative estimate of drug-likeness (QED) is 0.795. The molecule has 0 atom stereocenters. The zero-order valence-corrected chi connectivity index (χ0v) is 17.2. The van der Waals surface area contributed by atoms with Crippen molar-refractivity contribution < 1.29 is 14.3 Å². The molecule has 0 spiro atoms. The van der Waals surface area contributed by atoms with Gasteiger partial charge in [0, 0.05) is 32.4 Å². The van der Waals surface area contributed by atoms with Gasteiger partial charge in [-0.25, -0.2) is 4.79 Å². The monoisotopic (exact) mass is 383 g/mol. The van der Waals surface area contributed by atoms with E-state index in [-0.39, 0.29) is 24.6 Å². The first-order valence-electron chi connectivity index (χ1n) is 9.33. The summed E-state index contributed by atoms with van der Waals surface area (Å²) in [5, 5.41) is 2.84. The fraction of sp³-hybridized carbons (Fsp3) is 0.364. The van der Waals surface area contributed by atoms with Crippen molar-refractivity contribution in [3.05, 3.63) is 59.7 Å². The molecule has 0 unspecified atom stereocenters. The highest BCUT2D eigenvalue weighted by atomic mass is 16.5. The Kier molecular flexibility index (Phi) is 7.44. The van der Waals surface area contributed by atoms with Crippen LogP contribution in [0.3, 0.4) is 0 Å². The van der Waals surface area contributed by atoms with Crippen molar-refractivity contribution >= 4 is 17.6 Å². The summed E-state index contributed by atoms with van der Waals surface area (Å²) in [4.78, 5) is 27.6. The molecule has 0 aliphatic heterocycles. The van der Waals surface area contributed by atoms with Gasteiger partial charge in [-0.15, -0.1) is 0 Å². The third-order valence-corrected chi connectivity index (χ3v) is 4.40. The average Bonchev–Trinajstić information content (AvgIpc) is 2.67. The summed E-state index contributed by atoms with van der Waals surface area (Å²) in [5.41, 5.74) is 3.02. The van der Waals surface area contributed by atoms with Crippen molar-refractivity contribution in [3.63, 3.8) is 0 Å². The van der Waals surface area contributed by atoms with E-state index in [0.717, 1.165) is 16.8 Å². The lowest BCUT2D eigenvalue weighted by molar-refractivity contribution is -0.132. The smallest absolute Gasteiger partial charge is 0.321 e. The number of urea groups is 1. The second-order valence-electron chi connectivity index (χ2n) is 7.12. The summed E-state index contributed by atoms with van der Waals surface area (Å²) in [6.45, 7) is 6.37. The van der Waals surface area contributed by atoms with Gasteiger partial charge in [0.2, 0.25) is 0 Å². The lowest BCUT2D eigenvalue weighted by Gasteiger charge is -2.20. The molecule has 3 amide bonds. The maximum Gasteiger partial charge on any atom is 0.321 e. The normalized spacial score (nSPS) is 10.5. The van der Waals surface area contributed by atoms with Crippen LogP contribution in [0.4, 0.5) is 10.5 Å². The molecule has 2 aromatic rings. The Labute approximate surface area is 167 Å². The highest BCUT2D eigenvalue weighted by Gasteiger charge is 2.13. The van der Waals surface area contributed by atoms with E-state index in [9.17, 15) is 9.59 Å². The molecule has 28 heavy (non-hydrogen) atoms. The molecule has 0 saturated heterocycles. The Morgan fingerprint density at radius 2 is 1.68 bits per heavy atom. The maximum absolute atomic E-state index is 12.3. The molecule has 0 heterocycles. The molecule has 2 aromatic carbocycles. The molecule has 2 rings (SSSR count). The first kappa shape index (κ1) is 21.3. The summed E-state index contributed by atoms with van der Waals surface area (Å²) in [6.07, 6.45) is 0. The molecule has 0 aromatic heterocycles. The van der Waals surface area contributed by atoms with Crippen LogP contribution >= 0.6 is 0 Å². The van der Waals surface area contributed by atoms with E-state index >= 15 is 0 Å². The number of hydrogen-bond donors (Lipinski definition) is 1. The number of carbonyl (C=O) groups excluding carboxylic acids is 2. The molecule has 0 saturated carbocycles. The molecule has 6 nitrogen and oxygen atoms in total. The Balaban J connectivity index is 1.87. The van der Waals surface area contributed by atoms with Crippen LogP contribution in [-0.4, -0.2) is 43.6 Å². The van der Waals surface area contributed by atoms with Gasteiger partial charge >= 0.3 is 6.03 Å². The minimum absolute atomic E-state index is 0.0363. The number of nitrogens with one attached hydrogen (secondary N) is 1. The van der Waals surface area contributed by atoms with Crippen LogP contribution in [0.15, 0.2) is 48.5 Å². The van der Waals surface area contributed by atoms with Crippen LogP contribution in [0.5, 0.6) is 5.75 Å². The molecule has 0 fully saturated rings. The van der Waals surface area contributed by atoms with Gasteiger partial charge in [0.1, 0.15) is 5.75 Å². The van der Waals surface area contributed by atoms with Gasteiger partial charge in [0.15, 0.2) is 6.61 Å². The number of rotatable bonds is 7. The molecule has 0 bridgehead atoms. The Morgan fingerprint density at radius 3 is 2.29 bits per heavy atom. The number of benzene rings is 2. The van der Waals surface area contributed by atoms with E-state index in [1.54, 1.807) is 43.3 Å². The number of aryl methyl sites for hydroxylation is 1. The highest BCUT2D eigenvalue weighted by molar-refractivity contribution is 5.91. The largest absolute Gasteiger partial charge is 0.484 e. The molecule has 0 aliphatic carbocycles. The molecule has 0 aliphatic rings. The van der Waals surface area contributed by atoms with Crippen LogP contribution in [0.2, 0.25) is 0 Å². The van der Waals surface area contributed by atoms with E-state index in [2.05, 4.69) is 5.32 Å². The summed E-state index contributed by atoms with van der Waals surface area (Å²) in [5.74, 6) is 0.486. The number of hydrogen-bond acceptors (Lipinski definition) is 3. The first-order chi connectivity index (χ1) is 13.3. The lowest BCUT2D eigenvalue weighted by Crippen LogP contribution is -2.40. The lowest BCUT2D eigenvalue weighted by atomic mass is 10.1. The summed E-state index contributed by atoms with van der Waals surface area (Å²) in [7, 11) is 3.47. The van der Waals surface area contributed by atoms with Gasteiger partial charge in [-0.05, 0) is 56.2 Å².